The lowest BCUT2D eigenvalue weighted by atomic mass is 10.1. The van der Waals surface area contributed by atoms with Crippen LogP contribution in [0.3, 0.4) is 0 Å². The van der Waals surface area contributed by atoms with Crippen LogP contribution in [0.1, 0.15) is 27.6 Å². The number of methoxy groups -OCH3 is 3. The lowest BCUT2D eigenvalue weighted by Gasteiger charge is -2.21. The molecule has 162 valence electrons. The Morgan fingerprint density at radius 2 is 1.67 bits per heavy atom. The van der Waals surface area contributed by atoms with E-state index in [0.717, 1.165) is 0 Å². The van der Waals surface area contributed by atoms with E-state index in [4.69, 9.17) is 14.2 Å². The van der Waals surface area contributed by atoms with E-state index in [2.05, 4.69) is 0 Å². The summed E-state index contributed by atoms with van der Waals surface area (Å²) in [6.07, 6.45) is 0.111. The summed E-state index contributed by atoms with van der Waals surface area (Å²) in [6, 6.07) is 8.90. The minimum absolute atomic E-state index is 0.0166. The highest BCUT2D eigenvalue weighted by Gasteiger charge is 2.34. The van der Waals surface area contributed by atoms with E-state index in [9.17, 15) is 17.6 Å². The number of amides is 1. The molecule has 3 rings (SSSR count). The second-order valence-electron chi connectivity index (χ2n) is 6.87. The molecule has 7 nitrogen and oxygen atoms in total. The van der Waals surface area contributed by atoms with Crippen LogP contribution < -0.4 is 14.2 Å². The number of carbonyl (C=O) groups excluding carboxylic acids is 1. The van der Waals surface area contributed by atoms with Gasteiger partial charge >= 0.3 is 0 Å². The highest BCUT2D eigenvalue weighted by molar-refractivity contribution is 7.91. The van der Waals surface area contributed by atoms with Crippen LogP contribution in [0.15, 0.2) is 36.4 Å². The van der Waals surface area contributed by atoms with Crippen LogP contribution in [0.25, 0.3) is 0 Å². The van der Waals surface area contributed by atoms with Gasteiger partial charge in [0.2, 0.25) is 5.75 Å². The number of ether oxygens (including phenoxy) is 3. The van der Waals surface area contributed by atoms with Gasteiger partial charge in [0.15, 0.2) is 21.3 Å². The summed E-state index contributed by atoms with van der Waals surface area (Å²) in [6.45, 7) is 0.191. The molecule has 30 heavy (non-hydrogen) atoms. The molecule has 1 atom stereocenters. The van der Waals surface area contributed by atoms with Gasteiger partial charge in [0.05, 0.1) is 32.3 Å². The molecule has 1 unspecified atom stereocenters. The van der Waals surface area contributed by atoms with Crippen LogP contribution >= 0.6 is 0 Å². The number of hydrogen-bond donors (Lipinski definition) is 0. The molecule has 0 saturated carbocycles. The van der Waals surface area contributed by atoms with Crippen molar-refractivity contribution in [1.82, 2.24) is 4.90 Å². The minimum atomic E-state index is -3.62. The van der Waals surface area contributed by atoms with Gasteiger partial charge in [-0.3, -0.25) is 4.79 Å². The molecule has 1 saturated heterocycles. The summed E-state index contributed by atoms with van der Waals surface area (Å²) in [5, 5.41) is -0.989. The Morgan fingerprint density at radius 1 is 1.03 bits per heavy atom. The fourth-order valence-electron chi connectivity index (χ4n) is 3.62. The highest BCUT2D eigenvalue weighted by Crippen LogP contribution is 2.39. The zero-order valence-corrected chi connectivity index (χ0v) is 17.9. The quantitative estimate of drug-likeness (QED) is 0.716. The van der Waals surface area contributed by atoms with E-state index in [1.165, 1.54) is 56.6 Å². The minimum Gasteiger partial charge on any atom is -0.493 e. The largest absolute Gasteiger partial charge is 0.493 e. The number of carbonyl (C=O) groups is 1. The van der Waals surface area contributed by atoms with Gasteiger partial charge in [0.1, 0.15) is 5.82 Å². The van der Waals surface area contributed by atoms with Gasteiger partial charge in [-0.05, 0) is 24.6 Å². The van der Waals surface area contributed by atoms with E-state index in [0.29, 0.717) is 17.2 Å². The summed E-state index contributed by atoms with van der Waals surface area (Å²) in [7, 11) is 0.734. The number of halogens is 1. The first-order valence-corrected chi connectivity index (χ1v) is 11.1. The Morgan fingerprint density at radius 3 is 2.23 bits per heavy atom. The Labute approximate surface area is 175 Å². The van der Waals surface area contributed by atoms with Crippen LogP contribution in [0.2, 0.25) is 0 Å². The van der Waals surface area contributed by atoms with E-state index < -0.39 is 20.9 Å². The van der Waals surface area contributed by atoms with Gasteiger partial charge in [-0.15, -0.1) is 0 Å². The third-order valence-electron chi connectivity index (χ3n) is 5.19. The SMILES string of the molecule is COc1cc(C(=O)N2CCC(c3ccccc3F)S(=O)(=O)CC2)cc(OC)c1OC. The maximum absolute atomic E-state index is 14.2. The van der Waals surface area contributed by atoms with Crippen LogP contribution in [0.5, 0.6) is 17.2 Å². The van der Waals surface area contributed by atoms with Crippen molar-refractivity contribution in [3.63, 3.8) is 0 Å². The van der Waals surface area contributed by atoms with Crippen molar-refractivity contribution >= 4 is 15.7 Å². The zero-order chi connectivity index (χ0) is 21.9. The predicted octanol–water partition coefficient (Wildman–Crippen LogP) is 2.85. The third kappa shape index (κ3) is 4.21. The molecular weight excluding hydrogens is 413 g/mol. The molecule has 1 aliphatic heterocycles. The third-order valence-corrected chi connectivity index (χ3v) is 7.30. The lowest BCUT2D eigenvalue weighted by Crippen LogP contribution is -2.33. The zero-order valence-electron chi connectivity index (χ0n) is 17.1. The molecule has 2 aromatic rings. The summed E-state index contributed by atoms with van der Waals surface area (Å²) >= 11 is 0. The summed E-state index contributed by atoms with van der Waals surface area (Å²) < 4.78 is 55.6. The van der Waals surface area contributed by atoms with Gasteiger partial charge in [0.25, 0.3) is 5.91 Å². The maximum atomic E-state index is 14.2. The second kappa shape index (κ2) is 8.91. The first-order valence-electron chi connectivity index (χ1n) is 9.37. The van der Waals surface area contributed by atoms with Crippen molar-refractivity contribution in [3.8, 4) is 17.2 Å². The Balaban J connectivity index is 1.90. The Kier molecular flexibility index (Phi) is 6.50. The molecule has 1 aliphatic rings. The average molecular weight is 437 g/mol. The standard InChI is InChI=1S/C21H24FNO6S/c1-27-17-12-14(13-18(28-2)20(17)29-3)21(24)23-9-8-19(30(25,26)11-10-23)15-6-4-5-7-16(15)22/h4-7,12-13,19H,8-11H2,1-3H3. The molecule has 9 heteroatoms. The van der Waals surface area contributed by atoms with Crippen LogP contribution in [0, 0.1) is 5.82 Å². The van der Waals surface area contributed by atoms with Crippen LogP contribution in [0.4, 0.5) is 4.39 Å². The van der Waals surface area contributed by atoms with Gasteiger partial charge in [0, 0.05) is 24.2 Å². The molecule has 0 aliphatic carbocycles. The maximum Gasteiger partial charge on any atom is 0.254 e. The van der Waals surface area contributed by atoms with Crippen molar-refractivity contribution in [2.45, 2.75) is 11.7 Å². The van der Waals surface area contributed by atoms with E-state index in [1.54, 1.807) is 6.07 Å². The topological polar surface area (TPSA) is 82.1 Å². The molecule has 0 spiro atoms. The predicted molar refractivity (Wildman–Crippen MR) is 110 cm³/mol. The molecular formula is C21H24FNO6S. The summed E-state index contributed by atoms with van der Waals surface area (Å²) in [5.74, 6) is -0.162. The van der Waals surface area contributed by atoms with Crippen molar-refractivity contribution in [2.24, 2.45) is 0 Å². The van der Waals surface area contributed by atoms with Crippen LogP contribution in [-0.4, -0.2) is 59.4 Å². The van der Waals surface area contributed by atoms with Gasteiger partial charge in [-0.25, -0.2) is 12.8 Å². The molecule has 0 radical (unpaired) electrons. The number of nitrogens with zero attached hydrogens (tertiary/aromatic N) is 1. The molecule has 0 bridgehead atoms. The summed E-state index contributed by atoms with van der Waals surface area (Å²) in [5.41, 5.74) is 0.422. The molecule has 1 amide bonds. The van der Waals surface area contributed by atoms with E-state index in [1.807, 2.05) is 0 Å². The first kappa shape index (κ1) is 21.9. The first-order chi connectivity index (χ1) is 14.3. The Hall–Kier alpha value is -2.81. The normalized spacial score (nSPS) is 18.4. The smallest absolute Gasteiger partial charge is 0.254 e. The molecule has 2 aromatic carbocycles. The average Bonchev–Trinajstić information content (AvgIpc) is 2.90. The van der Waals surface area contributed by atoms with E-state index >= 15 is 0 Å². The number of benzene rings is 2. The molecule has 1 fully saturated rings. The Bertz CT molecular complexity index is 1010. The number of hydrogen-bond acceptors (Lipinski definition) is 6. The molecule has 1 heterocycles. The van der Waals surface area contributed by atoms with Crippen molar-refractivity contribution < 1.29 is 31.8 Å². The van der Waals surface area contributed by atoms with Gasteiger partial charge in [-0.1, -0.05) is 18.2 Å². The molecule has 0 N–H and O–H groups in total. The highest BCUT2D eigenvalue weighted by atomic mass is 32.2. The van der Waals surface area contributed by atoms with Gasteiger partial charge < -0.3 is 19.1 Å². The molecule has 0 aromatic heterocycles. The monoisotopic (exact) mass is 437 g/mol. The van der Waals surface area contributed by atoms with Gasteiger partial charge in [-0.2, -0.15) is 0 Å². The van der Waals surface area contributed by atoms with Crippen molar-refractivity contribution in [3.05, 3.63) is 53.3 Å². The van der Waals surface area contributed by atoms with E-state index in [-0.39, 0.29) is 42.3 Å². The fourth-order valence-corrected chi connectivity index (χ4v) is 5.42. The van der Waals surface area contributed by atoms with Crippen molar-refractivity contribution in [2.75, 3.05) is 40.2 Å². The number of sulfone groups is 1. The van der Waals surface area contributed by atoms with Crippen LogP contribution in [-0.2, 0) is 9.84 Å². The van der Waals surface area contributed by atoms with Crippen molar-refractivity contribution in [1.29, 1.82) is 0 Å². The summed E-state index contributed by atoms with van der Waals surface area (Å²) in [4.78, 5) is 14.6. The lowest BCUT2D eigenvalue weighted by molar-refractivity contribution is 0.0765. The number of rotatable bonds is 5. The second-order valence-corrected chi connectivity index (χ2v) is 9.18. The fraction of sp³-hybridized carbons (Fsp3) is 0.381.